The Hall–Kier alpha value is -2.76. The van der Waals surface area contributed by atoms with E-state index in [1.54, 1.807) is 18.2 Å². The van der Waals surface area contributed by atoms with Crippen molar-refractivity contribution in [3.05, 3.63) is 70.8 Å². The van der Waals surface area contributed by atoms with E-state index in [1.165, 1.54) is 6.07 Å². The number of hydrogen-bond acceptors (Lipinski definition) is 2. The van der Waals surface area contributed by atoms with Gasteiger partial charge in [0, 0.05) is 23.7 Å². The first kappa shape index (κ1) is 14.6. The standard InChI is InChI=1S/C15H12F2N2O2/c16-12-5-11(6-13(17)7-12)15(21)19-8-9-2-1-3-10(4-9)14(18)20/h1-7H,8H2,(H2,18,20)(H,19,21). The third kappa shape index (κ3) is 3.85. The van der Waals surface area contributed by atoms with Crippen LogP contribution in [0.3, 0.4) is 0 Å². The van der Waals surface area contributed by atoms with Gasteiger partial charge in [-0.15, -0.1) is 0 Å². The molecule has 0 bridgehead atoms. The molecule has 2 aromatic carbocycles. The number of halogens is 2. The predicted octanol–water partition coefficient (Wildman–Crippen LogP) is 1.99. The van der Waals surface area contributed by atoms with Crippen LogP contribution in [-0.2, 0) is 6.54 Å². The van der Waals surface area contributed by atoms with E-state index >= 15 is 0 Å². The van der Waals surface area contributed by atoms with Crippen LogP contribution in [0, 0.1) is 11.6 Å². The van der Waals surface area contributed by atoms with Crippen molar-refractivity contribution in [2.75, 3.05) is 0 Å². The number of nitrogens with one attached hydrogen (secondary N) is 1. The van der Waals surface area contributed by atoms with Crippen molar-refractivity contribution in [1.29, 1.82) is 0 Å². The first-order valence-electron chi connectivity index (χ1n) is 6.09. The van der Waals surface area contributed by atoms with E-state index in [0.29, 0.717) is 17.2 Å². The number of amides is 2. The van der Waals surface area contributed by atoms with Crippen LogP contribution in [0.2, 0.25) is 0 Å². The van der Waals surface area contributed by atoms with Crippen LogP contribution in [0.1, 0.15) is 26.3 Å². The van der Waals surface area contributed by atoms with Gasteiger partial charge < -0.3 is 11.1 Å². The molecule has 108 valence electrons. The van der Waals surface area contributed by atoms with Gasteiger partial charge in [-0.1, -0.05) is 12.1 Å². The predicted molar refractivity (Wildman–Crippen MR) is 72.5 cm³/mol. The van der Waals surface area contributed by atoms with E-state index < -0.39 is 23.4 Å². The third-order valence-corrected chi connectivity index (χ3v) is 2.79. The lowest BCUT2D eigenvalue weighted by Gasteiger charge is -2.07. The monoisotopic (exact) mass is 290 g/mol. The summed E-state index contributed by atoms with van der Waals surface area (Å²) in [7, 11) is 0. The third-order valence-electron chi connectivity index (χ3n) is 2.79. The van der Waals surface area contributed by atoms with Gasteiger partial charge in [0.2, 0.25) is 5.91 Å². The van der Waals surface area contributed by atoms with Gasteiger partial charge in [0.25, 0.3) is 5.91 Å². The zero-order valence-corrected chi connectivity index (χ0v) is 10.9. The van der Waals surface area contributed by atoms with Crippen molar-refractivity contribution in [3.63, 3.8) is 0 Å². The van der Waals surface area contributed by atoms with Gasteiger partial charge in [-0.2, -0.15) is 0 Å². The molecule has 6 heteroatoms. The summed E-state index contributed by atoms with van der Waals surface area (Å²) in [6.45, 7) is 0.109. The molecule has 3 N–H and O–H groups in total. The van der Waals surface area contributed by atoms with E-state index in [1.807, 2.05) is 0 Å². The molecule has 2 aromatic rings. The van der Waals surface area contributed by atoms with Crippen LogP contribution in [0.4, 0.5) is 8.78 Å². The summed E-state index contributed by atoms with van der Waals surface area (Å²) in [4.78, 5) is 22.8. The lowest BCUT2D eigenvalue weighted by Crippen LogP contribution is -2.23. The van der Waals surface area contributed by atoms with E-state index in [9.17, 15) is 18.4 Å². The number of benzene rings is 2. The maximum absolute atomic E-state index is 13.0. The Morgan fingerprint density at radius 1 is 1.00 bits per heavy atom. The minimum Gasteiger partial charge on any atom is -0.366 e. The number of nitrogens with two attached hydrogens (primary N) is 1. The summed E-state index contributed by atoms with van der Waals surface area (Å²) < 4.78 is 26.0. The highest BCUT2D eigenvalue weighted by Crippen LogP contribution is 2.09. The summed E-state index contributed by atoms with van der Waals surface area (Å²) in [5.41, 5.74) is 6.01. The molecule has 0 fully saturated rings. The van der Waals surface area contributed by atoms with Crippen molar-refractivity contribution >= 4 is 11.8 Å². The van der Waals surface area contributed by atoms with Crippen molar-refractivity contribution in [1.82, 2.24) is 5.32 Å². The van der Waals surface area contributed by atoms with Gasteiger partial charge in [0.1, 0.15) is 11.6 Å². The van der Waals surface area contributed by atoms with Gasteiger partial charge in [-0.3, -0.25) is 9.59 Å². The van der Waals surface area contributed by atoms with Crippen molar-refractivity contribution in [3.8, 4) is 0 Å². The van der Waals surface area contributed by atoms with Gasteiger partial charge in [-0.05, 0) is 29.8 Å². The van der Waals surface area contributed by atoms with Crippen LogP contribution < -0.4 is 11.1 Å². The quantitative estimate of drug-likeness (QED) is 0.904. The van der Waals surface area contributed by atoms with E-state index in [4.69, 9.17) is 5.73 Å². The fraction of sp³-hybridized carbons (Fsp3) is 0.0667. The fourth-order valence-corrected chi connectivity index (χ4v) is 1.80. The second-order valence-electron chi connectivity index (χ2n) is 4.41. The molecule has 0 atom stereocenters. The maximum atomic E-state index is 13.0. The number of primary amides is 1. The summed E-state index contributed by atoms with van der Waals surface area (Å²) in [5.74, 6) is -2.83. The lowest BCUT2D eigenvalue weighted by molar-refractivity contribution is 0.0949. The molecule has 0 saturated heterocycles. The summed E-state index contributed by atoms with van der Waals surface area (Å²) in [6, 6.07) is 8.98. The van der Waals surface area contributed by atoms with Crippen LogP contribution in [0.15, 0.2) is 42.5 Å². The molecule has 2 rings (SSSR count). The minimum atomic E-state index is -0.823. The molecule has 0 unspecified atom stereocenters. The highest BCUT2D eigenvalue weighted by Gasteiger charge is 2.09. The molecule has 0 aliphatic rings. The Morgan fingerprint density at radius 3 is 2.29 bits per heavy atom. The molecule has 21 heavy (non-hydrogen) atoms. The average Bonchev–Trinajstić information content (AvgIpc) is 2.44. The number of carbonyl (C=O) groups is 2. The SMILES string of the molecule is NC(=O)c1cccc(CNC(=O)c2cc(F)cc(F)c2)c1. The first-order chi connectivity index (χ1) is 9.95. The molecule has 0 radical (unpaired) electrons. The second-order valence-corrected chi connectivity index (χ2v) is 4.41. The topological polar surface area (TPSA) is 72.2 Å². The summed E-state index contributed by atoms with van der Waals surface area (Å²) >= 11 is 0. The van der Waals surface area contributed by atoms with Gasteiger partial charge in [0.15, 0.2) is 0 Å². The molecule has 0 heterocycles. The Balaban J connectivity index is 2.07. The lowest BCUT2D eigenvalue weighted by atomic mass is 10.1. The van der Waals surface area contributed by atoms with Crippen LogP contribution >= 0.6 is 0 Å². The number of hydrogen-bond donors (Lipinski definition) is 2. The van der Waals surface area contributed by atoms with E-state index in [0.717, 1.165) is 12.1 Å². The molecular weight excluding hydrogens is 278 g/mol. The average molecular weight is 290 g/mol. The largest absolute Gasteiger partial charge is 0.366 e. The van der Waals surface area contributed by atoms with Crippen molar-refractivity contribution in [2.45, 2.75) is 6.54 Å². The Kier molecular flexibility index (Phi) is 4.27. The number of rotatable bonds is 4. The highest BCUT2D eigenvalue weighted by molar-refractivity contribution is 5.94. The summed E-state index contributed by atoms with van der Waals surface area (Å²) in [6.07, 6.45) is 0. The minimum absolute atomic E-state index is 0.109. The Labute approximate surface area is 119 Å². The van der Waals surface area contributed by atoms with Crippen molar-refractivity contribution in [2.24, 2.45) is 5.73 Å². The molecule has 0 spiro atoms. The van der Waals surface area contributed by atoms with Crippen LogP contribution in [-0.4, -0.2) is 11.8 Å². The first-order valence-corrected chi connectivity index (χ1v) is 6.09. The van der Waals surface area contributed by atoms with Crippen LogP contribution in [0.5, 0.6) is 0 Å². The molecule has 0 aliphatic carbocycles. The Bertz CT molecular complexity index is 682. The van der Waals surface area contributed by atoms with Crippen molar-refractivity contribution < 1.29 is 18.4 Å². The van der Waals surface area contributed by atoms with E-state index in [-0.39, 0.29) is 12.1 Å². The molecule has 0 aliphatic heterocycles. The zero-order valence-electron chi connectivity index (χ0n) is 10.9. The second kappa shape index (κ2) is 6.13. The van der Waals surface area contributed by atoms with Gasteiger partial charge in [-0.25, -0.2) is 8.78 Å². The Morgan fingerprint density at radius 2 is 1.67 bits per heavy atom. The maximum Gasteiger partial charge on any atom is 0.251 e. The number of carbonyl (C=O) groups excluding carboxylic acids is 2. The molecule has 4 nitrogen and oxygen atoms in total. The van der Waals surface area contributed by atoms with Crippen LogP contribution in [0.25, 0.3) is 0 Å². The van der Waals surface area contributed by atoms with Gasteiger partial charge in [0.05, 0.1) is 0 Å². The smallest absolute Gasteiger partial charge is 0.251 e. The highest BCUT2D eigenvalue weighted by atomic mass is 19.1. The fourth-order valence-electron chi connectivity index (χ4n) is 1.80. The zero-order chi connectivity index (χ0) is 15.4. The molecule has 2 amide bonds. The molecule has 0 saturated carbocycles. The molecule has 0 aromatic heterocycles. The van der Waals surface area contributed by atoms with E-state index in [2.05, 4.69) is 5.32 Å². The van der Waals surface area contributed by atoms with Gasteiger partial charge >= 0.3 is 0 Å². The molecular formula is C15H12F2N2O2. The summed E-state index contributed by atoms with van der Waals surface area (Å²) in [5, 5.41) is 2.51. The normalized spacial score (nSPS) is 10.2.